The van der Waals surface area contributed by atoms with Crippen molar-refractivity contribution >= 4 is 38.0 Å². The van der Waals surface area contributed by atoms with Gasteiger partial charge >= 0.3 is 0 Å². The molecule has 1 amide bonds. The number of thiophene rings is 1. The summed E-state index contributed by atoms with van der Waals surface area (Å²) in [7, 11) is -4.01. The lowest BCUT2D eigenvalue weighted by Gasteiger charge is -2.38. The van der Waals surface area contributed by atoms with Crippen molar-refractivity contribution in [2.45, 2.75) is 30.8 Å². The molecule has 0 saturated heterocycles. The highest BCUT2D eigenvalue weighted by molar-refractivity contribution is 7.89. The van der Waals surface area contributed by atoms with E-state index in [2.05, 4.69) is 17.5 Å². The number of carbonyl (C=O) groups is 1. The van der Waals surface area contributed by atoms with Gasteiger partial charge in [0.1, 0.15) is 5.76 Å². The van der Waals surface area contributed by atoms with Crippen LogP contribution < -0.4 is 0 Å². The Morgan fingerprint density at radius 1 is 0.974 bits per heavy atom. The second-order valence-electron chi connectivity index (χ2n) is 9.76. The van der Waals surface area contributed by atoms with Gasteiger partial charge in [-0.2, -0.15) is 4.31 Å². The van der Waals surface area contributed by atoms with Gasteiger partial charge in [0.05, 0.1) is 30.3 Å². The number of fused-ring (bicyclic) bond motifs is 2. The maximum atomic E-state index is 14.0. The number of carbonyl (C=O) groups excluding carboxylic acids is 1. The fourth-order valence-corrected chi connectivity index (χ4v) is 7.63. The van der Waals surface area contributed by atoms with Gasteiger partial charge in [-0.3, -0.25) is 4.79 Å². The fraction of sp³-hybridized carbons (Fsp3) is 0.194. The van der Waals surface area contributed by atoms with Crippen molar-refractivity contribution in [1.29, 1.82) is 0 Å². The van der Waals surface area contributed by atoms with Gasteiger partial charge in [-0.05, 0) is 76.5 Å². The van der Waals surface area contributed by atoms with Crippen molar-refractivity contribution in [3.05, 3.63) is 124 Å². The molecule has 0 radical (unpaired) electrons. The van der Waals surface area contributed by atoms with Crippen LogP contribution in [-0.2, 0) is 27.8 Å². The molecule has 1 aliphatic rings. The smallest absolute Gasteiger partial charge is 0.243 e. The van der Waals surface area contributed by atoms with Crippen molar-refractivity contribution in [1.82, 2.24) is 9.21 Å². The van der Waals surface area contributed by atoms with E-state index in [0.29, 0.717) is 12.3 Å². The van der Waals surface area contributed by atoms with Gasteiger partial charge in [0.25, 0.3) is 0 Å². The molecule has 3 aromatic carbocycles. The molecule has 0 N–H and O–H groups in total. The molecule has 39 heavy (non-hydrogen) atoms. The molecule has 0 bridgehead atoms. The van der Waals surface area contributed by atoms with Gasteiger partial charge in [0.15, 0.2) is 0 Å². The third-order valence-electron chi connectivity index (χ3n) is 7.35. The van der Waals surface area contributed by atoms with E-state index in [1.54, 1.807) is 41.7 Å². The van der Waals surface area contributed by atoms with Gasteiger partial charge in [-0.1, -0.05) is 54.6 Å². The number of rotatable bonds is 7. The minimum Gasteiger partial charge on any atom is -0.468 e. The van der Waals surface area contributed by atoms with Crippen LogP contribution in [0.5, 0.6) is 0 Å². The highest BCUT2D eigenvalue weighted by Gasteiger charge is 2.36. The fourth-order valence-electron chi connectivity index (χ4n) is 5.33. The summed E-state index contributed by atoms with van der Waals surface area (Å²) < 4.78 is 34.7. The predicted octanol–water partition coefficient (Wildman–Crippen LogP) is 6.17. The van der Waals surface area contributed by atoms with Gasteiger partial charge in [-0.15, -0.1) is 11.3 Å². The Morgan fingerprint density at radius 2 is 1.77 bits per heavy atom. The van der Waals surface area contributed by atoms with Crippen LogP contribution in [0.1, 0.15) is 33.4 Å². The summed E-state index contributed by atoms with van der Waals surface area (Å²) in [6.45, 7) is 2.24. The summed E-state index contributed by atoms with van der Waals surface area (Å²) in [5.41, 5.74) is 3.26. The van der Waals surface area contributed by atoms with Crippen LogP contribution in [-0.4, -0.2) is 36.6 Å². The normalized spacial score (nSPS) is 15.5. The highest BCUT2D eigenvalue weighted by atomic mass is 32.2. The van der Waals surface area contributed by atoms with E-state index in [0.717, 1.165) is 33.9 Å². The lowest BCUT2D eigenvalue weighted by Crippen LogP contribution is -2.46. The standard InChI is InChI=1S/C31H28N2O4S2/c1-22-7-2-5-11-27(22)31-28-15-18-38-29(28)14-16-33(31)30(34)21-32(20-25-10-6-17-37-25)39(35,36)26-13-12-23-8-3-4-9-24(23)19-26/h2-13,15,17-19,31H,14,16,20-21H2,1H3. The van der Waals surface area contributed by atoms with Crippen molar-refractivity contribution in [3.8, 4) is 0 Å². The first kappa shape index (κ1) is 25.6. The summed E-state index contributed by atoms with van der Waals surface area (Å²) in [5, 5.41) is 3.84. The Labute approximate surface area is 232 Å². The topological polar surface area (TPSA) is 70.8 Å². The zero-order valence-electron chi connectivity index (χ0n) is 21.5. The number of amides is 1. The van der Waals surface area contributed by atoms with Crippen molar-refractivity contribution in [3.63, 3.8) is 0 Å². The van der Waals surface area contributed by atoms with Crippen LogP contribution in [0, 0.1) is 6.92 Å². The van der Waals surface area contributed by atoms with Crippen LogP contribution in [0.15, 0.2) is 106 Å². The Hall–Kier alpha value is -3.72. The largest absolute Gasteiger partial charge is 0.468 e. The molecule has 1 aliphatic heterocycles. The second kappa shape index (κ2) is 10.4. The van der Waals surface area contributed by atoms with E-state index < -0.39 is 10.0 Å². The zero-order chi connectivity index (χ0) is 27.0. The molecular formula is C31H28N2O4S2. The van der Waals surface area contributed by atoms with E-state index in [1.807, 2.05) is 54.3 Å². The summed E-state index contributed by atoms with van der Waals surface area (Å²) >= 11 is 1.71. The van der Waals surface area contributed by atoms with Gasteiger partial charge in [0.2, 0.25) is 15.9 Å². The lowest BCUT2D eigenvalue weighted by atomic mass is 9.90. The van der Waals surface area contributed by atoms with E-state index in [4.69, 9.17) is 4.42 Å². The number of furan rings is 1. The van der Waals surface area contributed by atoms with Crippen molar-refractivity contribution in [2.75, 3.05) is 13.1 Å². The molecule has 6 nitrogen and oxygen atoms in total. The first-order chi connectivity index (χ1) is 18.9. The summed E-state index contributed by atoms with van der Waals surface area (Å²) in [6, 6.07) is 26.0. The van der Waals surface area contributed by atoms with Crippen LogP contribution in [0.25, 0.3) is 10.8 Å². The molecule has 0 fully saturated rings. The number of aryl methyl sites for hydroxylation is 1. The maximum absolute atomic E-state index is 14.0. The minimum absolute atomic E-state index is 0.0412. The number of hydrogen-bond acceptors (Lipinski definition) is 5. The Kier molecular flexibility index (Phi) is 6.85. The number of sulfonamides is 1. The van der Waals surface area contributed by atoms with E-state index in [9.17, 15) is 13.2 Å². The SMILES string of the molecule is Cc1ccccc1C1c2ccsc2CCN1C(=O)CN(Cc1ccco1)S(=O)(=O)c1ccc2ccccc2c1. The van der Waals surface area contributed by atoms with Gasteiger partial charge in [-0.25, -0.2) is 8.42 Å². The van der Waals surface area contributed by atoms with E-state index in [1.165, 1.54) is 15.4 Å². The minimum atomic E-state index is -4.01. The van der Waals surface area contributed by atoms with Crippen LogP contribution >= 0.6 is 11.3 Å². The van der Waals surface area contributed by atoms with E-state index in [-0.39, 0.29) is 29.9 Å². The Morgan fingerprint density at radius 3 is 2.56 bits per heavy atom. The average molecular weight is 557 g/mol. The third-order valence-corrected chi connectivity index (χ3v) is 10.1. The van der Waals surface area contributed by atoms with E-state index >= 15 is 0 Å². The highest BCUT2D eigenvalue weighted by Crippen LogP contribution is 2.39. The Balaban J connectivity index is 1.37. The molecule has 1 atom stereocenters. The maximum Gasteiger partial charge on any atom is 0.243 e. The molecule has 0 saturated carbocycles. The van der Waals surface area contributed by atoms with Crippen LogP contribution in [0.3, 0.4) is 0 Å². The Bertz CT molecular complexity index is 1740. The molecule has 0 spiro atoms. The molecule has 198 valence electrons. The van der Waals surface area contributed by atoms with Crippen molar-refractivity contribution in [2.24, 2.45) is 0 Å². The van der Waals surface area contributed by atoms with Crippen LogP contribution in [0.4, 0.5) is 0 Å². The average Bonchev–Trinajstić information content (AvgIpc) is 3.64. The molecule has 0 aliphatic carbocycles. The predicted molar refractivity (Wildman–Crippen MR) is 153 cm³/mol. The molecular weight excluding hydrogens is 528 g/mol. The summed E-state index contributed by atoms with van der Waals surface area (Å²) in [6.07, 6.45) is 2.26. The lowest BCUT2D eigenvalue weighted by molar-refractivity contribution is -0.133. The third kappa shape index (κ3) is 4.91. The van der Waals surface area contributed by atoms with Gasteiger partial charge in [0, 0.05) is 11.4 Å². The first-order valence-electron chi connectivity index (χ1n) is 12.8. The van der Waals surface area contributed by atoms with Crippen LogP contribution in [0.2, 0.25) is 0 Å². The monoisotopic (exact) mass is 556 g/mol. The molecule has 6 rings (SSSR count). The number of nitrogens with zero attached hydrogens (tertiary/aromatic N) is 2. The molecule has 1 unspecified atom stereocenters. The second-order valence-corrected chi connectivity index (χ2v) is 12.7. The summed E-state index contributed by atoms with van der Waals surface area (Å²) in [4.78, 5) is 17.3. The quantitative estimate of drug-likeness (QED) is 0.240. The van der Waals surface area contributed by atoms with Gasteiger partial charge < -0.3 is 9.32 Å². The molecule has 5 aromatic rings. The zero-order valence-corrected chi connectivity index (χ0v) is 23.1. The number of benzene rings is 3. The summed E-state index contributed by atoms with van der Waals surface area (Å²) in [5.74, 6) is 0.234. The first-order valence-corrected chi connectivity index (χ1v) is 15.2. The number of hydrogen-bond donors (Lipinski definition) is 0. The molecule has 2 aromatic heterocycles. The van der Waals surface area contributed by atoms with Crippen molar-refractivity contribution < 1.29 is 17.6 Å². The molecule has 8 heteroatoms. The molecule has 3 heterocycles.